The van der Waals surface area contributed by atoms with Crippen molar-refractivity contribution in [2.24, 2.45) is 5.73 Å². The van der Waals surface area contributed by atoms with Gasteiger partial charge in [-0.05, 0) is 38.9 Å². The van der Waals surface area contributed by atoms with Gasteiger partial charge in [0.15, 0.2) is 0 Å². The molecular weight excluding hydrogens is 234 g/mol. The molecule has 0 saturated carbocycles. The summed E-state index contributed by atoms with van der Waals surface area (Å²) in [5.74, 6) is -1.04. The first kappa shape index (κ1) is 15.1. The minimum absolute atomic E-state index is 0.0853. The number of hydrogen-bond donors (Lipinski definition) is 1. The lowest BCUT2D eigenvalue weighted by Crippen LogP contribution is -2.40. The summed E-state index contributed by atoms with van der Waals surface area (Å²) in [6.45, 7) is 7.04. The number of halogens is 2. The van der Waals surface area contributed by atoms with Crippen LogP contribution in [0.1, 0.15) is 38.8 Å². The molecule has 1 atom stereocenters. The van der Waals surface area contributed by atoms with Crippen LogP contribution in [0.25, 0.3) is 0 Å². The van der Waals surface area contributed by atoms with Gasteiger partial charge in [0.25, 0.3) is 0 Å². The highest BCUT2D eigenvalue weighted by Gasteiger charge is 2.26. The van der Waals surface area contributed by atoms with Crippen molar-refractivity contribution in [1.82, 2.24) is 4.90 Å². The summed E-state index contributed by atoms with van der Waals surface area (Å²) in [5, 5.41) is 0. The Morgan fingerprint density at radius 1 is 1.22 bits per heavy atom. The SMILES string of the molecule is CCCN(C(C)C)C(CN)c1c(F)cccc1F. The molecule has 2 nitrogen and oxygen atoms in total. The Bertz CT molecular complexity index is 360. The number of benzene rings is 1. The van der Waals surface area contributed by atoms with Gasteiger partial charge in [-0.3, -0.25) is 4.90 Å². The second-order valence-electron chi connectivity index (χ2n) is 4.72. The molecule has 1 aromatic carbocycles. The van der Waals surface area contributed by atoms with E-state index in [4.69, 9.17) is 5.73 Å². The Morgan fingerprint density at radius 3 is 2.17 bits per heavy atom. The Balaban J connectivity index is 3.14. The third kappa shape index (κ3) is 3.27. The zero-order valence-corrected chi connectivity index (χ0v) is 11.3. The molecule has 2 N–H and O–H groups in total. The van der Waals surface area contributed by atoms with Crippen molar-refractivity contribution in [2.75, 3.05) is 13.1 Å². The molecule has 18 heavy (non-hydrogen) atoms. The molecule has 1 unspecified atom stereocenters. The van der Waals surface area contributed by atoms with E-state index in [0.717, 1.165) is 13.0 Å². The molecule has 1 aromatic rings. The second kappa shape index (κ2) is 6.81. The van der Waals surface area contributed by atoms with E-state index in [1.54, 1.807) is 0 Å². The van der Waals surface area contributed by atoms with Crippen LogP contribution in [0.3, 0.4) is 0 Å². The summed E-state index contributed by atoms with van der Waals surface area (Å²) in [4.78, 5) is 2.04. The minimum atomic E-state index is -0.521. The quantitative estimate of drug-likeness (QED) is 0.847. The number of rotatable bonds is 6. The van der Waals surface area contributed by atoms with E-state index in [0.29, 0.717) is 0 Å². The fraction of sp³-hybridized carbons (Fsp3) is 0.571. The molecule has 0 aliphatic rings. The smallest absolute Gasteiger partial charge is 0.130 e. The van der Waals surface area contributed by atoms with Crippen LogP contribution in [-0.4, -0.2) is 24.0 Å². The molecule has 0 heterocycles. The van der Waals surface area contributed by atoms with Gasteiger partial charge in [-0.1, -0.05) is 13.0 Å². The van der Waals surface area contributed by atoms with Gasteiger partial charge in [0, 0.05) is 18.2 Å². The molecule has 0 aliphatic heterocycles. The van der Waals surface area contributed by atoms with Crippen LogP contribution in [0.2, 0.25) is 0 Å². The molecular formula is C14H22F2N2. The van der Waals surface area contributed by atoms with E-state index < -0.39 is 17.7 Å². The van der Waals surface area contributed by atoms with Crippen molar-refractivity contribution in [3.05, 3.63) is 35.4 Å². The molecule has 0 spiro atoms. The van der Waals surface area contributed by atoms with Gasteiger partial charge in [0.1, 0.15) is 11.6 Å². The van der Waals surface area contributed by atoms with E-state index >= 15 is 0 Å². The zero-order valence-electron chi connectivity index (χ0n) is 11.3. The summed E-state index contributed by atoms with van der Waals surface area (Å²) in [6, 6.07) is 3.72. The van der Waals surface area contributed by atoms with Crippen LogP contribution in [-0.2, 0) is 0 Å². The first-order valence-electron chi connectivity index (χ1n) is 6.42. The fourth-order valence-electron chi connectivity index (χ4n) is 2.28. The summed E-state index contributed by atoms with van der Waals surface area (Å²) in [6.07, 6.45) is 0.921. The van der Waals surface area contributed by atoms with Crippen molar-refractivity contribution in [1.29, 1.82) is 0 Å². The van der Waals surface area contributed by atoms with Crippen LogP contribution in [0.5, 0.6) is 0 Å². The van der Waals surface area contributed by atoms with E-state index in [1.807, 2.05) is 25.7 Å². The van der Waals surface area contributed by atoms with Gasteiger partial charge in [0.2, 0.25) is 0 Å². The van der Waals surface area contributed by atoms with E-state index in [2.05, 4.69) is 0 Å². The summed E-state index contributed by atoms with van der Waals surface area (Å²) in [5.41, 5.74) is 5.82. The Morgan fingerprint density at radius 2 is 1.78 bits per heavy atom. The van der Waals surface area contributed by atoms with Crippen molar-refractivity contribution in [3.8, 4) is 0 Å². The summed E-state index contributed by atoms with van der Waals surface area (Å²) < 4.78 is 27.7. The third-order valence-corrected chi connectivity index (χ3v) is 3.10. The summed E-state index contributed by atoms with van der Waals surface area (Å²) >= 11 is 0. The average molecular weight is 256 g/mol. The maximum Gasteiger partial charge on any atom is 0.130 e. The van der Waals surface area contributed by atoms with Gasteiger partial charge < -0.3 is 5.73 Å². The van der Waals surface area contributed by atoms with E-state index in [1.165, 1.54) is 18.2 Å². The molecule has 0 saturated heterocycles. The normalized spacial score (nSPS) is 13.3. The lowest BCUT2D eigenvalue weighted by atomic mass is 10.0. The van der Waals surface area contributed by atoms with Gasteiger partial charge in [-0.25, -0.2) is 8.78 Å². The predicted molar refractivity (Wildman–Crippen MR) is 70.3 cm³/mol. The van der Waals surface area contributed by atoms with Crippen molar-refractivity contribution >= 4 is 0 Å². The first-order valence-corrected chi connectivity index (χ1v) is 6.42. The van der Waals surface area contributed by atoms with Crippen molar-refractivity contribution < 1.29 is 8.78 Å². The maximum absolute atomic E-state index is 13.8. The van der Waals surface area contributed by atoms with Crippen molar-refractivity contribution in [3.63, 3.8) is 0 Å². The van der Waals surface area contributed by atoms with Crippen LogP contribution in [0.4, 0.5) is 8.78 Å². The molecule has 0 bridgehead atoms. The van der Waals surface area contributed by atoms with Gasteiger partial charge >= 0.3 is 0 Å². The monoisotopic (exact) mass is 256 g/mol. The van der Waals surface area contributed by atoms with Gasteiger partial charge in [0.05, 0.1) is 6.04 Å². The highest BCUT2D eigenvalue weighted by molar-refractivity contribution is 5.24. The highest BCUT2D eigenvalue weighted by atomic mass is 19.1. The zero-order chi connectivity index (χ0) is 13.7. The Labute approximate surface area is 108 Å². The first-order chi connectivity index (χ1) is 8.52. The highest BCUT2D eigenvalue weighted by Crippen LogP contribution is 2.27. The van der Waals surface area contributed by atoms with E-state index in [9.17, 15) is 8.78 Å². The second-order valence-corrected chi connectivity index (χ2v) is 4.72. The molecule has 0 aromatic heterocycles. The lowest BCUT2D eigenvalue weighted by Gasteiger charge is -2.34. The van der Waals surface area contributed by atoms with Crippen LogP contribution in [0.15, 0.2) is 18.2 Å². The topological polar surface area (TPSA) is 29.3 Å². The molecule has 102 valence electrons. The van der Waals surface area contributed by atoms with Gasteiger partial charge in [-0.15, -0.1) is 0 Å². The lowest BCUT2D eigenvalue weighted by molar-refractivity contribution is 0.151. The predicted octanol–water partition coefficient (Wildman–Crippen LogP) is 3.09. The average Bonchev–Trinajstić information content (AvgIpc) is 2.31. The molecule has 0 amide bonds. The number of nitrogens with two attached hydrogens (primary N) is 1. The number of hydrogen-bond acceptors (Lipinski definition) is 2. The summed E-state index contributed by atoms with van der Waals surface area (Å²) in [7, 11) is 0. The van der Waals surface area contributed by atoms with E-state index in [-0.39, 0.29) is 18.2 Å². The molecule has 0 fully saturated rings. The molecule has 1 rings (SSSR count). The van der Waals surface area contributed by atoms with Crippen LogP contribution < -0.4 is 5.73 Å². The van der Waals surface area contributed by atoms with Crippen molar-refractivity contribution in [2.45, 2.75) is 39.3 Å². The fourth-order valence-corrected chi connectivity index (χ4v) is 2.28. The van der Waals surface area contributed by atoms with Gasteiger partial charge in [-0.2, -0.15) is 0 Å². The Kier molecular flexibility index (Phi) is 5.69. The minimum Gasteiger partial charge on any atom is -0.329 e. The molecule has 4 heteroatoms. The van der Waals surface area contributed by atoms with Crippen LogP contribution >= 0.6 is 0 Å². The maximum atomic E-state index is 13.8. The standard InChI is InChI=1S/C14H22F2N2/c1-4-8-18(10(2)3)13(9-17)14-11(15)6-5-7-12(14)16/h5-7,10,13H,4,8-9,17H2,1-3H3. The Hall–Kier alpha value is -1.00. The molecule has 0 radical (unpaired) electrons. The molecule has 0 aliphatic carbocycles. The number of nitrogens with zero attached hydrogens (tertiary/aromatic N) is 1. The van der Waals surface area contributed by atoms with Crippen LogP contribution in [0, 0.1) is 11.6 Å². The third-order valence-electron chi connectivity index (χ3n) is 3.10. The largest absolute Gasteiger partial charge is 0.329 e.